The van der Waals surface area contributed by atoms with Gasteiger partial charge in [-0.3, -0.25) is 9.59 Å². The third-order valence-electron chi connectivity index (χ3n) is 3.11. The van der Waals surface area contributed by atoms with Crippen LogP contribution in [0.1, 0.15) is 48.1 Å². The molecule has 104 valence electrons. The van der Waals surface area contributed by atoms with Gasteiger partial charge >= 0.3 is 5.97 Å². The first-order chi connectivity index (χ1) is 8.81. The number of benzene rings is 1. The maximum atomic E-state index is 11.3. The van der Waals surface area contributed by atoms with Crippen molar-refractivity contribution < 1.29 is 14.7 Å². The Bertz CT molecular complexity index is 471. The molecule has 0 spiro atoms. The van der Waals surface area contributed by atoms with Crippen molar-refractivity contribution in [2.75, 3.05) is 0 Å². The fraction of sp³-hybridized carbons (Fsp3) is 0.467. The molecule has 0 aromatic heterocycles. The Morgan fingerprint density at radius 2 is 1.74 bits per heavy atom. The summed E-state index contributed by atoms with van der Waals surface area (Å²) in [5, 5.41) is 11.7. The van der Waals surface area contributed by atoms with E-state index < -0.39 is 5.97 Å². The van der Waals surface area contributed by atoms with E-state index in [9.17, 15) is 9.59 Å². The Labute approximate surface area is 113 Å². The van der Waals surface area contributed by atoms with Crippen molar-refractivity contribution in [1.82, 2.24) is 5.32 Å². The minimum absolute atomic E-state index is 0.0394. The van der Waals surface area contributed by atoms with E-state index in [2.05, 4.69) is 17.4 Å². The van der Waals surface area contributed by atoms with Gasteiger partial charge in [-0.2, -0.15) is 0 Å². The lowest BCUT2D eigenvalue weighted by atomic mass is 9.91. The second kappa shape index (κ2) is 6.36. The lowest BCUT2D eigenvalue weighted by Gasteiger charge is -2.22. The number of aryl methyl sites for hydroxylation is 3. The number of hydrogen-bond acceptors (Lipinski definition) is 2. The van der Waals surface area contributed by atoms with Crippen LogP contribution in [0.4, 0.5) is 0 Å². The molecule has 0 radical (unpaired) electrons. The zero-order valence-electron chi connectivity index (χ0n) is 11.9. The molecule has 0 aliphatic heterocycles. The van der Waals surface area contributed by atoms with E-state index in [0.717, 1.165) is 16.7 Å². The topological polar surface area (TPSA) is 66.4 Å². The number of hydrogen-bond donors (Lipinski definition) is 2. The van der Waals surface area contributed by atoms with Crippen LogP contribution in [0.2, 0.25) is 0 Å². The Morgan fingerprint density at radius 3 is 2.16 bits per heavy atom. The largest absolute Gasteiger partial charge is 0.481 e. The molecule has 19 heavy (non-hydrogen) atoms. The molecular formula is C15H21NO3. The molecule has 4 heteroatoms. The number of amides is 1. The minimum Gasteiger partial charge on any atom is -0.481 e. The molecule has 1 aromatic carbocycles. The van der Waals surface area contributed by atoms with Gasteiger partial charge in [-0.05, 0) is 43.9 Å². The summed E-state index contributed by atoms with van der Waals surface area (Å²) in [6.45, 7) is 7.46. The van der Waals surface area contributed by atoms with Crippen LogP contribution in [0.15, 0.2) is 12.1 Å². The number of carbonyl (C=O) groups is 2. The van der Waals surface area contributed by atoms with Crippen LogP contribution < -0.4 is 5.32 Å². The van der Waals surface area contributed by atoms with Gasteiger partial charge in [-0.15, -0.1) is 0 Å². The van der Waals surface area contributed by atoms with Crippen LogP contribution in [0.3, 0.4) is 0 Å². The average Bonchev–Trinajstić information content (AvgIpc) is 2.23. The maximum Gasteiger partial charge on any atom is 0.303 e. The minimum atomic E-state index is -0.849. The number of carboxylic acid groups (broad SMARTS) is 1. The first kappa shape index (κ1) is 15.2. The molecule has 1 unspecified atom stereocenters. The van der Waals surface area contributed by atoms with Crippen molar-refractivity contribution >= 4 is 11.9 Å². The van der Waals surface area contributed by atoms with E-state index >= 15 is 0 Å². The molecule has 0 saturated carbocycles. The maximum absolute atomic E-state index is 11.3. The van der Waals surface area contributed by atoms with Crippen LogP contribution in [0.5, 0.6) is 0 Å². The molecule has 1 aromatic rings. The van der Waals surface area contributed by atoms with Gasteiger partial charge in [-0.1, -0.05) is 17.7 Å². The van der Waals surface area contributed by atoms with Gasteiger partial charge in [-0.25, -0.2) is 0 Å². The third kappa shape index (κ3) is 4.39. The van der Waals surface area contributed by atoms with E-state index in [4.69, 9.17) is 5.11 Å². The van der Waals surface area contributed by atoms with Crippen LogP contribution in [-0.4, -0.2) is 17.0 Å². The number of nitrogens with one attached hydrogen (secondary N) is 1. The predicted molar refractivity (Wildman–Crippen MR) is 74.1 cm³/mol. The summed E-state index contributed by atoms with van der Waals surface area (Å²) < 4.78 is 0. The van der Waals surface area contributed by atoms with Crippen molar-refractivity contribution in [2.24, 2.45) is 0 Å². The molecule has 0 heterocycles. The number of rotatable bonds is 5. The Morgan fingerprint density at radius 1 is 1.21 bits per heavy atom. The molecule has 1 rings (SSSR count). The zero-order chi connectivity index (χ0) is 14.6. The Balaban J connectivity index is 3.09. The van der Waals surface area contributed by atoms with E-state index in [1.54, 1.807) is 0 Å². The van der Waals surface area contributed by atoms with Crippen LogP contribution in [0.25, 0.3) is 0 Å². The van der Waals surface area contributed by atoms with Crippen LogP contribution in [0, 0.1) is 20.8 Å². The van der Waals surface area contributed by atoms with E-state index in [0.29, 0.717) is 6.42 Å². The van der Waals surface area contributed by atoms with Gasteiger partial charge < -0.3 is 10.4 Å². The molecule has 2 N–H and O–H groups in total. The van der Waals surface area contributed by atoms with Crippen molar-refractivity contribution in [3.63, 3.8) is 0 Å². The Hall–Kier alpha value is -1.84. The van der Waals surface area contributed by atoms with Crippen LogP contribution >= 0.6 is 0 Å². The van der Waals surface area contributed by atoms with Gasteiger partial charge in [0.1, 0.15) is 0 Å². The summed E-state index contributed by atoms with van der Waals surface area (Å²) in [7, 11) is 0. The SMILES string of the molecule is CC(=O)NC(CCC(=O)O)c1c(C)cc(C)cc1C. The number of carboxylic acids is 1. The van der Waals surface area contributed by atoms with E-state index in [1.165, 1.54) is 12.5 Å². The predicted octanol–water partition coefficient (Wildman–Crippen LogP) is 2.65. The van der Waals surface area contributed by atoms with Crippen LogP contribution in [-0.2, 0) is 9.59 Å². The molecule has 0 saturated heterocycles. The van der Waals surface area contributed by atoms with E-state index in [1.807, 2.05) is 20.8 Å². The highest BCUT2D eigenvalue weighted by Crippen LogP contribution is 2.26. The smallest absolute Gasteiger partial charge is 0.303 e. The lowest BCUT2D eigenvalue weighted by molar-refractivity contribution is -0.137. The summed E-state index contributed by atoms with van der Waals surface area (Å²) in [4.78, 5) is 22.0. The highest BCUT2D eigenvalue weighted by atomic mass is 16.4. The van der Waals surface area contributed by atoms with Crippen molar-refractivity contribution in [1.29, 1.82) is 0 Å². The fourth-order valence-corrected chi connectivity index (χ4v) is 2.54. The van der Waals surface area contributed by atoms with Gasteiger partial charge in [0.25, 0.3) is 0 Å². The summed E-state index contributed by atoms with van der Waals surface area (Å²) in [5.74, 6) is -0.993. The third-order valence-corrected chi connectivity index (χ3v) is 3.11. The molecule has 1 amide bonds. The molecule has 0 aliphatic rings. The summed E-state index contributed by atoms with van der Waals surface area (Å²) in [6.07, 6.45) is 0.442. The molecular weight excluding hydrogens is 242 g/mol. The van der Waals surface area contributed by atoms with Gasteiger partial charge in [0.05, 0.1) is 6.04 Å². The normalized spacial score (nSPS) is 12.0. The molecule has 0 bridgehead atoms. The first-order valence-electron chi connectivity index (χ1n) is 6.38. The second-order valence-electron chi connectivity index (χ2n) is 5.00. The highest BCUT2D eigenvalue weighted by molar-refractivity contribution is 5.74. The van der Waals surface area contributed by atoms with Crippen molar-refractivity contribution in [3.05, 3.63) is 34.4 Å². The number of aliphatic carboxylic acids is 1. The monoisotopic (exact) mass is 263 g/mol. The molecule has 0 fully saturated rings. The summed E-state index contributed by atoms with van der Waals surface area (Å²) >= 11 is 0. The molecule has 4 nitrogen and oxygen atoms in total. The Kier molecular flexibility index (Phi) is 5.10. The quantitative estimate of drug-likeness (QED) is 0.858. The average molecular weight is 263 g/mol. The first-order valence-corrected chi connectivity index (χ1v) is 6.38. The summed E-state index contributed by atoms with van der Waals surface area (Å²) in [5.41, 5.74) is 4.36. The van der Waals surface area contributed by atoms with Gasteiger partial charge in [0.2, 0.25) is 5.91 Å². The standard InChI is InChI=1S/C15H21NO3/c1-9-7-10(2)15(11(3)8-9)13(16-12(4)17)5-6-14(18)19/h7-8,13H,5-6H2,1-4H3,(H,16,17)(H,18,19). The summed E-state index contributed by atoms with van der Waals surface area (Å²) in [6, 6.07) is 3.87. The van der Waals surface area contributed by atoms with Crippen molar-refractivity contribution in [3.8, 4) is 0 Å². The second-order valence-corrected chi connectivity index (χ2v) is 5.00. The number of carbonyl (C=O) groups excluding carboxylic acids is 1. The molecule has 1 atom stereocenters. The van der Waals surface area contributed by atoms with Gasteiger partial charge in [0, 0.05) is 13.3 Å². The van der Waals surface area contributed by atoms with E-state index in [-0.39, 0.29) is 18.4 Å². The van der Waals surface area contributed by atoms with Crippen molar-refractivity contribution in [2.45, 2.75) is 46.6 Å². The zero-order valence-corrected chi connectivity index (χ0v) is 11.9. The highest BCUT2D eigenvalue weighted by Gasteiger charge is 2.18. The lowest BCUT2D eigenvalue weighted by Crippen LogP contribution is -2.28. The van der Waals surface area contributed by atoms with Gasteiger partial charge in [0.15, 0.2) is 0 Å². The fourth-order valence-electron chi connectivity index (χ4n) is 2.54. The molecule has 0 aliphatic carbocycles.